The van der Waals surface area contributed by atoms with Gasteiger partial charge in [0.05, 0.1) is 18.8 Å². The quantitative estimate of drug-likeness (QED) is 0.0535. The number of carbonyl (C=O) groups excluding carboxylic acids is 1. The lowest BCUT2D eigenvalue weighted by atomic mass is 10.0. The van der Waals surface area contributed by atoms with Crippen LogP contribution in [0.2, 0.25) is 0 Å². The van der Waals surface area contributed by atoms with Gasteiger partial charge >= 0.3 is 0 Å². The minimum atomic E-state index is -0.831. The first-order chi connectivity index (χ1) is 20.2. The van der Waals surface area contributed by atoms with Crippen molar-refractivity contribution in [2.45, 2.75) is 212 Å². The van der Waals surface area contributed by atoms with Crippen LogP contribution in [0.15, 0.2) is 12.2 Å². The molecule has 0 heterocycles. The average molecular weight is 580 g/mol. The molecule has 1 amide bonds. The van der Waals surface area contributed by atoms with E-state index in [1.54, 1.807) is 6.08 Å². The summed E-state index contributed by atoms with van der Waals surface area (Å²) in [5.41, 5.74) is 0. The van der Waals surface area contributed by atoms with Gasteiger partial charge in [-0.1, -0.05) is 187 Å². The number of amides is 1. The van der Waals surface area contributed by atoms with Crippen LogP contribution in [0.25, 0.3) is 0 Å². The van der Waals surface area contributed by atoms with Gasteiger partial charge in [0.15, 0.2) is 0 Å². The summed E-state index contributed by atoms with van der Waals surface area (Å²) in [6.07, 6.45) is 40.2. The second-order valence-corrected chi connectivity index (χ2v) is 12.7. The van der Waals surface area contributed by atoms with Gasteiger partial charge in [-0.2, -0.15) is 0 Å². The first-order valence-corrected chi connectivity index (χ1v) is 18.4. The molecule has 0 aromatic heterocycles. The lowest BCUT2D eigenvalue weighted by Gasteiger charge is -2.20. The van der Waals surface area contributed by atoms with Crippen LogP contribution in [0, 0.1) is 0 Å². The van der Waals surface area contributed by atoms with Crippen molar-refractivity contribution < 1.29 is 15.0 Å². The van der Waals surface area contributed by atoms with Crippen molar-refractivity contribution in [2.75, 3.05) is 6.61 Å². The standard InChI is InChI=1S/C37H73NO3/c1-3-5-7-9-11-13-14-15-16-17-18-19-20-21-22-23-24-25-26-28-30-32-36(40)35(34-39)38-37(41)33-31-29-27-12-10-8-6-4-2/h30,32,35-36,39-40H,3-29,31,33-34H2,1-2H3,(H,38,41)/b32-30+. The SMILES string of the molecule is CCCCCCCCCCCCCCCCCCCCC/C=C/C(O)C(CO)NC(=O)CCCCCCCCCC. The predicted molar refractivity (Wildman–Crippen MR) is 179 cm³/mol. The highest BCUT2D eigenvalue weighted by Gasteiger charge is 2.17. The summed E-state index contributed by atoms with van der Waals surface area (Å²) in [7, 11) is 0. The lowest BCUT2D eigenvalue weighted by molar-refractivity contribution is -0.123. The van der Waals surface area contributed by atoms with Crippen LogP contribution in [0.4, 0.5) is 0 Å². The summed E-state index contributed by atoms with van der Waals surface area (Å²) >= 11 is 0. The van der Waals surface area contributed by atoms with Crippen molar-refractivity contribution in [3.63, 3.8) is 0 Å². The van der Waals surface area contributed by atoms with Crippen molar-refractivity contribution >= 4 is 5.91 Å². The van der Waals surface area contributed by atoms with Crippen molar-refractivity contribution in [3.8, 4) is 0 Å². The molecule has 0 saturated carbocycles. The van der Waals surface area contributed by atoms with Gasteiger partial charge in [-0.25, -0.2) is 0 Å². The second-order valence-electron chi connectivity index (χ2n) is 12.7. The van der Waals surface area contributed by atoms with E-state index in [2.05, 4.69) is 19.2 Å². The predicted octanol–water partition coefficient (Wildman–Crippen LogP) is 10.7. The molecular formula is C37H73NO3. The Morgan fingerprint density at radius 2 is 0.902 bits per heavy atom. The van der Waals surface area contributed by atoms with Gasteiger partial charge in [-0.3, -0.25) is 4.79 Å². The zero-order chi connectivity index (χ0) is 30.1. The third-order valence-corrected chi connectivity index (χ3v) is 8.52. The van der Waals surface area contributed by atoms with E-state index in [9.17, 15) is 15.0 Å². The van der Waals surface area contributed by atoms with Crippen molar-refractivity contribution in [1.82, 2.24) is 5.32 Å². The lowest BCUT2D eigenvalue weighted by Crippen LogP contribution is -2.45. The van der Waals surface area contributed by atoms with E-state index in [0.29, 0.717) is 6.42 Å². The number of aliphatic hydroxyl groups excluding tert-OH is 2. The van der Waals surface area contributed by atoms with E-state index in [-0.39, 0.29) is 12.5 Å². The highest BCUT2D eigenvalue weighted by molar-refractivity contribution is 5.76. The molecule has 0 spiro atoms. The summed E-state index contributed by atoms with van der Waals surface area (Å²) in [6.45, 7) is 4.28. The topological polar surface area (TPSA) is 69.6 Å². The monoisotopic (exact) mass is 580 g/mol. The fourth-order valence-electron chi connectivity index (χ4n) is 5.65. The summed E-state index contributed by atoms with van der Waals surface area (Å²) in [4.78, 5) is 12.2. The molecule has 244 valence electrons. The Balaban J connectivity index is 3.52. The van der Waals surface area contributed by atoms with E-state index in [0.717, 1.165) is 25.7 Å². The molecule has 41 heavy (non-hydrogen) atoms. The Labute approximate surface area is 256 Å². The van der Waals surface area contributed by atoms with Crippen molar-refractivity contribution in [3.05, 3.63) is 12.2 Å². The number of hydrogen-bond acceptors (Lipinski definition) is 3. The number of rotatable bonds is 33. The molecule has 0 aliphatic carbocycles. The molecule has 0 aliphatic heterocycles. The van der Waals surface area contributed by atoms with Gasteiger partial charge in [-0.15, -0.1) is 0 Å². The van der Waals surface area contributed by atoms with Crippen LogP contribution >= 0.6 is 0 Å². The highest BCUT2D eigenvalue weighted by atomic mass is 16.3. The Kier molecular flexibility index (Phi) is 32.9. The van der Waals surface area contributed by atoms with Gasteiger partial charge in [-0.05, 0) is 19.3 Å². The van der Waals surface area contributed by atoms with E-state index < -0.39 is 12.1 Å². The third kappa shape index (κ3) is 30.4. The minimum absolute atomic E-state index is 0.0683. The van der Waals surface area contributed by atoms with Crippen LogP contribution in [0.3, 0.4) is 0 Å². The number of aliphatic hydroxyl groups is 2. The molecule has 0 aromatic rings. The number of allylic oxidation sites excluding steroid dienone is 1. The smallest absolute Gasteiger partial charge is 0.220 e. The van der Waals surface area contributed by atoms with E-state index in [1.807, 2.05) is 6.08 Å². The Bertz CT molecular complexity index is 550. The maximum Gasteiger partial charge on any atom is 0.220 e. The minimum Gasteiger partial charge on any atom is -0.394 e. The molecule has 2 unspecified atom stereocenters. The molecule has 0 aromatic carbocycles. The molecule has 4 heteroatoms. The van der Waals surface area contributed by atoms with Crippen molar-refractivity contribution in [1.29, 1.82) is 0 Å². The van der Waals surface area contributed by atoms with Gasteiger partial charge in [0.25, 0.3) is 0 Å². The maximum atomic E-state index is 12.2. The number of hydrogen-bond donors (Lipinski definition) is 3. The van der Waals surface area contributed by atoms with Gasteiger partial charge in [0.2, 0.25) is 5.91 Å². The van der Waals surface area contributed by atoms with Crippen LogP contribution < -0.4 is 5.32 Å². The fourth-order valence-corrected chi connectivity index (χ4v) is 5.65. The summed E-state index contributed by atoms with van der Waals surface area (Å²) in [5.74, 6) is -0.0683. The van der Waals surface area contributed by atoms with E-state index >= 15 is 0 Å². The first kappa shape index (κ1) is 40.1. The number of nitrogens with one attached hydrogen (secondary N) is 1. The van der Waals surface area contributed by atoms with Crippen LogP contribution in [0.1, 0.15) is 200 Å². The maximum absolute atomic E-state index is 12.2. The molecular weight excluding hydrogens is 506 g/mol. The van der Waals surface area contributed by atoms with Gasteiger partial charge in [0.1, 0.15) is 0 Å². The average Bonchev–Trinajstić information content (AvgIpc) is 2.97. The van der Waals surface area contributed by atoms with E-state index in [1.165, 1.54) is 154 Å². The summed E-state index contributed by atoms with van der Waals surface area (Å²) < 4.78 is 0. The molecule has 4 nitrogen and oxygen atoms in total. The molecule has 0 radical (unpaired) electrons. The molecule has 0 rings (SSSR count). The molecule has 0 fully saturated rings. The zero-order valence-electron chi connectivity index (χ0n) is 27.8. The Morgan fingerprint density at radius 1 is 0.561 bits per heavy atom. The first-order valence-electron chi connectivity index (χ1n) is 18.4. The Morgan fingerprint density at radius 3 is 1.27 bits per heavy atom. The Hall–Kier alpha value is -0.870. The van der Waals surface area contributed by atoms with Gasteiger partial charge in [0, 0.05) is 6.42 Å². The molecule has 0 saturated heterocycles. The molecule has 0 bridgehead atoms. The van der Waals surface area contributed by atoms with Crippen LogP contribution in [-0.4, -0.2) is 34.9 Å². The largest absolute Gasteiger partial charge is 0.394 e. The third-order valence-electron chi connectivity index (χ3n) is 8.52. The van der Waals surface area contributed by atoms with Crippen molar-refractivity contribution in [2.24, 2.45) is 0 Å². The normalized spacial score (nSPS) is 13.2. The number of unbranched alkanes of at least 4 members (excludes halogenated alkanes) is 26. The van der Waals surface area contributed by atoms with Crippen LogP contribution in [0.5, 0.6) is 0 Å². The second kappa shape index (κ2) is 33.6. The number of carbonyl (C=O) groups is 1. The van der Waals surface area contributed by atoms with Gasteiger partial charge < -0.3 is 15.5 Å². The molecule has 2 atom stereocenters. The summed E-state index contributed by atoms with van der Waals surface area (Å²) in [6, 6.07) is -0.613. The van der Waals surface area contributed by atoms with E-state index in [4.69, 9.17) is 0 Å². The highest BCUT2D eigenvalue weighted by Crippen LogP contribution is 2.15. The molecule has 0 aliphatic rings. The molecule has 3 N–H and O–H groups in total. The zero-order valence-corrected chi connectivity index (χ0v) is 27.8. The fraction of sp³-hybridized carbons (Fsp3) is 0.919. The van der Waals surface area contributed by atoms with Crippen LogP contribution in [-0.2, 0) is 4.79 Å². The summed E-state index contributed by atoms with van der Waals surface area (Å²) in [5, 5.41) is 22.8.